The van der Waals surface area contributed by atoms with Crippen molar-refractivity contribution in [2.75, 3.05) is 5.75 Å². The summed E-state index contributed by atoms with van der Waals surface area (Å²) in [7, 11) is -5.19. The minimum Gasteiger partial charge on any atom is -0.459 e. The minimum atomic E-state index is -5.23. The molecule has 0 aromatic carbocycles. The lowest BCUT2D eigenvalue weighted by Crippen LogP contribution is -2.60. The third-order valence-electron chi connectivity index (χ3n) is 6.72. The topological polar surface area (TPSA) is 60.4 Å². The molecule has 0 aromatic heterocycles. The molecule has 4 rings (SSSR count). The first kappa shape index (κ1) is 20.0. The van der Waals surface area contributed by atoms with Crippen LogP contribution in [0.25, 0.3) is 0 Å². The monoisotopic (exact) mass is 396 g/mol. The van der Waals surface area contributed by atoms with Crippen molar-refractivity contribution in [3.05, 3.63) is 0 Å². The van der Waals surface area contributed by atoms with Crippen LogP contribution >= 0.6 is 0 Å². The molecule has 0 amide bonds. The van der Waals surface area contributed by atoms with Crippen LogP contribution in [0, 0.1) is 22.7 Å². The zero-order valence-corrected chi connectivity index (χ0v) is 16.3. The highest BCUT2D eigenvalue weighted by Gasteiger charge is 2.63. The quantitative estimate of drug-likeness (QED) is 0.652. The van der Waals surface area contributed by atoms with Gasteiger partial charge in [0, 0.05) is 0 Å². The molecule has 4 aliphatic carbocycles. The van der Waals surface area contributed by atoms with Crippen molar-refractivity contribution < 1.29 is 31.1 Å². The van der Waals surface area contributed by atoms with E-state index in [1.165, 1.54) is 0 Å². The molecule has 4 aliphatic rings. The summed E-state index contributed by atoms with van der Waals surface area (Å²) in [5.41, 5.74) is -7.61. The fourth-order valence-corrected chi connectivity index (χ4v) is 6.92. The first-order valence-corrected chi connectivity index (χ1v) is 10.9. The number of carbonyl (C=O) groups is 1. The average molecular weight is 396 g/mol. The van der Waals surface area contributed by atoms with E-state index >= 15 is 0 Å². The van der Waals surface area contributed by atoms with E-state index in [0.29, 0.717) is 32.1 Å². The molecule has 0 aliphatic heterocycles. The Morgan fingerprint density at radius 2 is 1.65 bits per heavy atom. The fourth-order valence-electron chi connectivity index (χ4n) is 5.62. The summed E-state index contributed by atoms with van der Waals surface area (Å²) < 4.78 is 68.4. The first-order valence-electron chi connectivity index (χ1n) is 9.24. The minimum absolute atomic E-state index is 0.136. The molecule has 0 heterocycles. The molecule has 2 atom stereocenters. The van der Waals surface area contributed by atoms with Crippen LogP contribution < -0.4 is 0 Å². The lowest BCUT2D eigenvalue weighted by atomic mass is 9.48. The molecule has 150 valence electrons. The van der Waals surface area contributed by atoms with Gasteiger partial charge in [-0.25, -0.2) is 8.42 Å². The summed E-state index contributed by atoms with van der Waals surface area (Å²) in [4.78, 5) is 12.6. The number of rotatable bonds is 5. The van der Waals surface area contributed by atoms with Crippen LogP contribution in [-0.2, 0) is 19.4 Å². The number of alkyl halides is 3. The van der Waals surface area contributed by atoms with Crippen molar-refractivity contribution in [3.8, 4) is 0 Å². The van der Waals surface area contributed by atoms with Gasteiger partial charge in [-0.15, -0.1) is 0 Å². The maximum Gasteiger partial charge on any atom is 0.497 e. The molecule has 0 aromatic rings. The van der Waals surface area contributed by atoms with E-state index in [0.717, 1.165) is 6.42 Å². The molecular formula is C18H27F3O4S. The molecule has 4 fully saturated rings. The van der Waals surface area contributed by atoms with Gasteiger partial charge in [0.1, 0.15) is 5.60 Å². The Morgan fingerprint density at radius 3 is 2.12 bits per heavy atom. The van der Waals surface area contributed by atoms with E-state index in [1.807, 2.05) is 6.92 Å². The van der Waals surface area contributed by atoms with Crippen molar-refractivity contribution in [1.29, 1.82) is 0 Å². The Hall–Kier alpha value is -0.790. The van der Waals surface area contributed by atoms with Crippen molar-refractivity contribution >= 4 is 15.8 Å². The van der Waals surface area contributed by atoms with Gasteiger partial charge in [-0.1, -0.05) is 6.92 Å². The predicted molar refractivity (Wildman–Crippen MR) is 89.9 cm³/mol. The van der Waals surface area contributed by atoms with Gasteiger partial charge in [-0.2, -0.15) is 13.2 Å². The SMILES string of the molecule is CCC(C)(C)C(=O)OC12CC3CC(CC(CS(=O)(=O)C(F)(F)F)(C3)C1)C2. The maximum atomic E-state index is 13.0. The van der Waals surface area contributed by atoms with Crippen LogP contribution in [0.2, 0.25) is 0 Å². The van der Waals surface area contributed by atoms with Crippen LogP contribution in [0.3, 0.4) is 0 Å². The van der Waals surface area contributed by atoms with Gasteiger partial charge >= 0.3 is 11.5 Å². The summed E-state index contributed by atoms with van der Waals surface area (Å²) in [6.07, 6.45) is 3.97. The van der Waals surface area contributed by atoms with Gasteiger partial charge in [0.15, 0.2) is 0 Å². The highest BCUT2D eigenvalue weighted by Crippen LogP contribution is 2.63. The molecule has 0 saturated heterocycles. The van der Waals surface area contributed by atoms with E-state index in [2.05, 4.69) is 0 Å². The molecule has 26 heavy (non-hydrogen) atoms. The van der Waals surface area contributed by atoms with E-state index in [4.69, 9.17) is 4.74 Å². The third-order valence-corrected chi connectivity index (χ3v) is 8.42. The zero-order valence-electron chi connectivity index (χ0n) is 15.5. The van der Waals surface area contributed by atoms with Crippen LogP contribution in [-0.4, -0.2) is 31.2 Å². The summed E-state index contributed by atoms with van der Waals surface area (Å²) in [6.45, 7) is 5.47. The number of halogens is 3. The number of sulfone groups is 1. The Bertz CT molecular complexity index is 682. The van der Waals surface area contributed by atoms with E-state index in [-0.39, 0.29) is 24.2 Å². The molecule has 4 bridgehead atoms. The third kappa shape index (κ3) is 3.38. The smallest absolute Gasteiger partial charge is 0.459 e. The van der Waals surface area contributed by atoms with Crippen molar-refractivity contribution in [1.82, 2.24) is 0 Å². The van der Waals surface area contributed by atoms with Gasteiger partial charge in [0.05, 0.1) is 11.2 Å². The standard InChI is InChI=1S/C18H27F3O4S/c1-4-15(2,3)14(22)25-17-8-12-5-13(9-17)7-16(6-12,10-17)11-26(23,24)18(19,20)21/h12-13H,4-11H2,1-3H3. The Kier molecular flexibility index (Phi) is 4.49. The normalized spacial score (nSPS) is 37.0. The van der Waals surface area contributed by atoms with Crippen molar-refractivity contribution in [3.63, 3.8) is 0 Å². The second-order valence-corrected chi connectivity index (χ2v) is 11.5. The molecule has 4 saturated carbocycles. The fraction of sp³-hybridized carbons (Fsp3) is 0.944. The molecule has 0 N–H and O–H groups in total. The van der Waals surface area contributed by atoms with Crippen molar-refractivity contribution in [2.45, 2.75) is 76.8 Å². The van der Waals surface area contributed by atoms with Crippen LogP contribution in [0.5, 0.6) is 0 Å². The Labute approximate surface area is 152 Å². The second-order valence-electron chi connectivity index (χ2n) is 9.48. The number of ether oxygens (including phenoxy) is 1. The molecule has 0 radical (unpaired) electrons. The van der Waals surface area contributed by atoms with Gasteiger partial charge < -0.3 is 4.74 Å². The van der Waals surface area contributed by atoms with Crippen molar-refractivity contribution in [2.24, 2.45) is 22.7 Å². The molecule has 0 spiro atoms. The summed E-state index contributed by atoms with van der Waals surface area (Å²) >= 11 is 0. The van der Waals surface area contributed by atoms with Crippen LogP contribution in [0.1, 0.15) is 65.7 Å². The Morgan fingerprint density at radius 1 is 1.12 bits per heavy atom. The highest BCUT2D eigenvalue weighted by molar-refractivity contribution is 7.92. The van der Waals surface area contributed by atoms with Gasteiger partial charge in [-0.3, -0.25) is 4.79 Å². The lowest BCUT2D eigenvalue weighted by molar-refractivity contribution is -0.206. The van der Waals surface area contributed by atoms with Gasteiger partial charge in [-0.05, 0) is 76.0 Å². The second kappa shape index (κ2) is 5.85. The lowest BCUT2D eigenvalue weighted by Gasteiger charge is -2.61. The largest absolute Gasteiger partial charge is 0.497 e. The Balaban J connectivity index is 1.87. The van der Waals surface area contributed by atoms with Crippen LogP contribution in [0.15, 0.2) is 0 Å². The summed E-state index contributed by atoms with van der Waals surface area (Å²) in [6, 6.07) is 0. The molecule has 2 unspecified atom stereocenters. The highest BCUT2D eigenvalue weighted by atomic mass is 32.2. The average Bonchev–Trinajstić information content (AvgIpc) is 2.42. The van der Waals surface area contributed by atoms with Gasteiger partial charge in [0.2, 0.25) is 9.84 Å². The number of hydrogen-bond acceptors (Lipinski definition) is 4. The van der Waals surface area contributed by atoms with E-state index in [1.54, 1.807) is 13.8 Å². The predicted octanol–water partition coefficient (Wildman–Crippen LogP) is 4.24. The number of esters is 1. The number of hydrogen-bond donors (Lipinski definition) is 0. The molecule has 8 heteroatoms. The first-order chi connectivity index (χ1) is 11.7. The summed E-state index contributed by atoms with van der Waals surface area (Å²) in [5.74, 6) is -0.947. The maximum absolute atomic E-state index is 13.0. The van der Waals surface area contributed by atoms with E-state index in [9.17, 15) is 26.4 Å². The molecular weight excluding hydrogens is 369 g/mol. The van der Waals surface area contributed by atoms with Crippen LogP contribution in [0.4, 0.5) is 13.2 Å². The number of carbonyl (C=O) groups excluding carboxylic acids is 1. The van der Waals surface area contributed by atoms with Gasteiger partial charge in [0.25, 0.3) is 0 Å². The zero-order chi connectivity index (χ0) is 19.6. The summed E-state index contributed by atoms with van der Waals surface area (Å²) in [5, 5.41) is 0. The van der Waals surface area contributed by atoms with E-state index < -0.39 is 37.5 Å². The molecule has 4 nitrogen and oxygen atoms in total.